The Hall–Kier alpha value is -1.43. The van der Waals surface area contributed by atoms with E-state index in [1.54, 1.807) is 6.08 Å². The van der Waals surface area contributed by atoms with Gasteiger partial charge in [-0.1, -0.05) is 42.5 Å². The molecule has 1 aromatic rings. The Labute approximate surface area is 114 Å². The van der Waals surface area contributed by atoms with Crippen LogP contribution in [0.5, 0.6) is 0 Å². The topological polar surface area (TPSA) is 55.4 Å². The lowest BCUT2D eigenvalue weighted by Gasteiger charge is -2.04. The van der Waals surface area contributed by atoms with Crippen molar-refractivity contribution in [1.29, 1.82) is 0 Å². The predicted molar refractivity (Wildman–Crippen MR) is 78.0 cm³/mol. The summed E-state index contributed by atoms with van der Waals surface area (Å²) >= 11 is 0. The second-order valence-electron chi connectivity index (χ2n) is 4.16. The van der Waals surface area contributed by atoms with Crippen LogP contribution in [0.1, 0.15) is 12.5 Å². The van der Waals surface area contributed by atoms with Gasteiger partial charge in [-0.25, -0.2) is 13.1 Å². The lowest BCUT2D eigenvalue weighted by molar-refractivity contribution is 0.162. The summed E-state index contributed by atoms with van der Waals surface area (Å²) in [5.41, 5.74) is 1.75. The van der Waals surface area contributed by atoms with E-state index in [-0.39, 0.29) is 6.54 Å². The molecule has 0 saturated heterocycles. The minimum absolute atomic E-state index is 0.245. The molecule has 0 saturated carbocycles. The highest BCUT2D eigenvalue weighted by Crippen LogP contribution is 2.02. The highest BCUT2D eigenvalue weighted by molar-refractivity contribution is 7.92. The van der Waals surface area contributed by atoms with Crippen molar-refractivity contribution in [3.8, 4) is 0 Å². The Morgan fingerprint density at radius 3 is 2.68 bits per heavy atom. The molecule has 0 heterocycles. The molecule has 0 amide bonds. The number of hydrogen-bond acceptors (Lipinski definition) is 3. The first-order valence-electron chi connectivity index (χ1n) is 5.94. The van der Waals surface area contributed by atoms with Crippen LogP contribution in [-0.2, 0) is 14.8 Å². The van der Waals surface area contributed by atoms with Crippen LogP contribution in [0.3, 0.4) is 0 Å². The molecule has 0 fully saturated rings. The third-order valence-electron chi connectivity index (χ3n) is 2.14. The van der Waals surface area contributed by atoms with Gasteiger partial charge >= 0.3 is 0 Å². The molecule has 1 rings (SSSR count). The van der Waals surface area contributed by atoms with Crippen LogP contribution in [0.2, 0.25) is 0 Å². The van der Waals surface area contributed by atoms with Crippen LogP contribution in [0.15, 0.2) is 47.9 Å². The molecule has 19 heavy (non-hydrogen) atoms. The molecule has 1 N–H and O–H groups in total. The van der Waals surface area contributed by atoms with Gasteiger partial charge in [0.2, 0.25) is 10.0 Å². The van der Waals surface area contributed by atoms with Gasteiger partial charge in [-0.2, -0.15) is 0 Å². The Balaban J connectivity index is 2.36. The van der Waals surface area contributed by atoms with E-state index in [0.29, 0.717) is 13.2 Å². The summed E-state index contributed by atoms with van der Waals surface area (Å²) in [5, 5.41) is 1.15. The Morgan fingerprint density at radius 2 is 2.05 bits per heavy atom. The van der Waals surface area contributed by atoms with Crippen molar-refractivity contribution >= 4 is 16.1 Å². The fraction of sp³-hybridized carbons (Fsp3) is 0.286. The van der Waals surface area contributed by atoms with E-state index in [2.05, 4.69) is 11.3 Å². The SMILES string of the molecule is C=C(C)COCCNS(=O)(=O)/C=C/c1ccccc1. The molecule has 0 aromatic heterocycles. The van der Waals surface area contributed by atoms with E-state index >= 15 is 0 Å². The van der Waals surface area contributed by atoms with Gasteiger partial charge < -0.3 is 4.74 Å². The molecule has 5 heteroatoms. The highest BCUT2D eigenvalue weighted by Gasteiger charge is 2.03. The molecule has 4 nitrogen and oxygen atoms in total. The lowest BCUT2D eigenvalue weighted by atomic mass is 10.2. The second kappa shape index (κ2) is 7.89. The third kappa shape index (κ3) is 7.56. The molecule has 0 aliphatic rings. The summed E-state index contributed by atoms with van der Waals surface area (Å²) in [6.45, 7) is 6.56. The van der Waals surface area contributed by atoms with Crippen molar-refractivity contribution in [3.05, 3.63) is 53.5 Å². The molecule has 0 atom stereocenters. The molecule has 0 aliphatic carbocycles. The number of rotatable bonds is 8. The maximum absolute atomic E-state index is 11.6. The van der Waals surface area contributed by atoms with E-state index in [1.807, 2.05) is 37.3 Å². The fourth-order valence-corrected chi connectivity index (χ4v) is 2.08. The normalized spacial score (nSPS) is 11.8. The highest BCUT2D eigenvalue weighted by atomic mass is 32.2. The van der Waals surface area contributed by atoms with Gasteiger partial charge in [0, 0.05) is 12.0 Å². The third-order valence-corrected chi connectivity index (χ3v) is 3.24. The number of benzene rings is 1. The summed E-state index contributed by atoms with van der Waals surface area (Å²) < 4.78 is 30.9. The summed E-state index contributed by atoms with van der Waals surface area (Å²) in [7, 11) is -3.41. The molecular weight excluding hydrogens is 262 g/mol. The number of nitrogens with one attached hydrogen (secondary N) is 1. The van der Waals surface area contributed by atoms with Crippen molar-refractivity contribution < 1.29 is 13.2 Å². The van der Waals surface area contributed by atoms with Crippen molar-refractivity contribution in [2.45, 2.75) is 6.92 Å². The Kier molecular flexibility index (Phi) is 6.49. The van der Waals surface area contributed by atoms with E-state index < -0.39 is 10.0 Å². The molecule has 1 aromatic carbocycles. The average molecular weight is 281 g/mol. The molecule has 0 radical (unpaired) electrons. The molecule has 104 valence electrons. The van der Waals surface area contributed by atoms with Crippen molar-refractivity contribution in [3.63, 3.8) is 0 Å². The maximum atomic E-state index is 11.6. The van der Waals surface area contributed by atoms with E-state index in [4.69, 9.17) is 4.74 Å². The van der Waals surface area contributed by atoms with Crippen LogP contribution in [0, 0.1) is 0 Å². The van der Waals surface area contributed by atoms with Crippen LogP contribution >= 0.6 is 0 Å². The average Bonchev–Trinajstić information content (AvgIpc) is 2.37. The predicted octanol–water partition coefficient (Wildman–Crippen LogP) is 2.17. The summed E-state index contributed by atoms with van der Waals surface area (Å²) in [6, 6.07) is 9.25. The first-order valence-corrected chi connectivity index (χ1v) is 7.49. The smallest absolute Gasteiger partial charge is 0.233 e. The monoisotopic (exact) mass is 281 g/mol. The van der Waals surface area contributed by atoms with Crippen LogP contribution in [0.4, 0.5) is 0 Å². The van der Waals surface area contributed by atoms with Crippen LogP contribution < -0.4 is 4.72 Å². The molecule has 0 aliphatic heterocycles. The van der Waals surface area contributed by atoms with Gasteiger partial charge in [0.25, 0.3) is 0 Å². The maximum Gasteiger partial charge on any atom is 0.233 e. The standard InChI is InChI=1S/C14H19NO3S/c1-13(2)12-18-10-9-15-19(16,17)11-8-14-6-4-3-5-7-14/h3-8,11,15H,1,9-10,12H2,2H3/b11-8+. The summed E-state index contributed by atoms with van der Waals surface area (Å²) in [6.07, 6.45) is 1.55. The van der Waals surface area contributed by atoms with Crippen LogP contribution in [0.25, 0.3) is 6.08 Å². The molecule has 0 spiro atoms. The van der Waals surface area contributed by atoms with Gasteiger partial charge in [0.1, 0.15) is 0 Å². The quantitative estimate of drug-likeness (QED) is 0.587. The van der Waals surface area contributed by atoms with Gasteiger partial charge in [-0.3, -0.25) is 0 Å². The zero-order valence-corrected chi connectivity index (χ0v) is 11.8. The lowest BCUT2D eigenvalue weighted by Crippen LogP contribution is -2.25. The molecular formula is C14H19NO3S. The van der Waals surface area contributed by atoms with Gasteiger partial charge in [0.05, 0.1) is 13.2 Å². The van der Waals surface area contributed by atoms with Gasteiger partial charge in [0.15, 0.2) is 0 Å². The van der Waals surface area contributed by atoms with E-state index in [0.717, 1.165) is 16.5 Å². The van der Waals surface area contributed by atoms with Crippen LogP contribution in [-0.4, -0.2) is 28.2 Å². The molecule has 0 bridgehead atoms. The van der Waals surface area contributed by atoms with Crippen molar-refractivity contribution in [2.24, 2.45) is 0 Å². The van der Waals surface area contributed by atoms with Crippen molar-refractivity contribution in [2.75, 3.05) is 19.8 Å². The zero-order chi connectivity index (χ0) is 14.1. The summed E-state index contributed by atoms with van der Waals surface area (Å²) in [4.78, 5) is 0. The first kappa shape index (κ1) is 15.6. The van der Waals surface area contributed by atoms with E-state index in [9.17, 15) is 8.42 Å². The van der Waals surface area contributed by atoms with Gasteiger partial charge in [-0.15, -0.1) is 0 Å². The molecule has 0 unspecified atom stereocenters. The Bertz CT molecular complexity index is 521. The fourth-order valence-electron chi connectivity index (χ4n) is 1.28. The zero-order valence-electron chi connectivity index (χ0n) is 11.0. The van der Waals surface area contributed by atoms with Gasteiger partial charge in [-0.05, 0) is 18.6 Å². The Morgan fingerprint density at radius 1 is 1.37 bits per heavy atom. The van der Waals surface area contributed by atoms with Crippen molar-refractivity contribution in [1.82, 2.24) is 4.72 Å². The first-order chi connectivity index (χ1) is 8.99. The number of sulfonamides is 1. The number of hydrogen-bond donors (Lipinski definition) is 1. The summed E-state index contributed by atoms with van der Waals surface area (Å²) in [5.74, 6) is 0. The second-order valence-corrected chi connectivity index (χ2v) is 5.81. The number of ether oxygens (including phenoxy) is 1. The minimum Gasteiger partial charge on any atom is -0.376 e. The minimum atomic E-state index is -3.41. The van der Waals surface area contributed by atoms with E-state index in [1.165, 1.54) is 0 Å². The largest absolute Gasteiger partial charge is 0.376 e.